The molecule has 0 aromatic rings. The Hall–Kier alpha value is 0.210. The van der Waals surface area contributed by atoms with Crippen molar-refractivity contribution in [3.63, 3.8) is 0 Å². The number of hydrogen-bond acceptors (Lipinski definition) is 2. The quantitative estimate of drug-likeness (QED) is 0.824. The van der Waals surface area contributed by atoms with Crippen molar-refractivity contribution in [3.05, 3.63) is 0 Å². The van der Waals surface area contributed by atoms with E-state index in [1.54, 1.807) is 0 Å². The Morgan fingerprint density at radius 1 is 1.12 bits per heavy atom. The summed E-state index contributed by atoms with van der Waals surface area (Å²) in [4.78, 5) is 2.70. The third kappa shape index (κ3) is 3.61. The third-order valence-electron chi connectivity index (χ3n) is 4.55. The molecule has 1 N–H and O–H groups in total. The number of halogens is 1. The van der Waals surface area contributed by atoms with Gasteiger partial charge in [-0.3, -0.25) is 0 Å². The van der Waals surface area contributed by atoms with Gasteiger partial charge in [0.25, 0.3) is 0 Å². The molecule has 0 aliphatic carbocycles. The predicted octanol–water partition coefficient (Wildman–Crippen LogP) is 2.53. The molecule has 0 spiro atoms. The molecule has 0 radical (unpaired) electrons. The minimum absolute atomic E-state index is 0. The second-order valence-corrected chi connectivity index (χ2v) is 5.52. The molecule has 2 aliphatic heterocycles. The Kier molecular flexibility index (Phi) is 6.09. The summed E-state index contributed by atoms with van der Waals surface area (Å²) in [5.41, 5.74) is 0. The standard InChI is InChI=1S/C13H26N2.ClH/c1-11-5-9-15(12(11)2)10-6-13-3-7-14-8-4-13;/h11-14H,3-10H2,1-2H3;1H. The molecule has 2 unspecified atom stereocenters. The maximum Gasteiger partial charge on any atom is 0.00930 e. The Labute approximate surface area is 107 Å². The summed E-state index contributed by atoms with van der Waals surface area (Å²) < 4.78 is 0. The molecule has 0 amide bonds. The maximum absolute atomic E-state index is 3.44. The first-order valence-corrected chi connectivity index (χ1v) is 6.72. The number of nitrogens with one attached hydrogen (secondary N) is 1. The first kappa shape index (κ1) is 14.3. The molecule has 2 saturated heterocycles. The molecule has 2 atom stereocenters. The van der Waals surface area contributed by atoms with Gasteiger partial charge in [-0.15, -0.1) is 12.4 Å². The highest BCUT2D eigenvalue weighted by atomic mass is 35.5. The fourth-order valence-electron chi connectivity index (χ4n) is 3.01. The molecule has 16 heavy (non-hydrogen) atoms. The number of likely N-dealkylation sites (tertiary alicyclic amines) is 1. The zero-order valence-corrected chi connectivity index (χ0v) is 11.6. The van der Waals surface area contributed by atoms with E-state index in [0.29, 0.717) is 0 Å². The van der Waals surface area contributed by atoms with Gasteiger partial charge in [0.2, 0.25) is 0 Å². The van der Waals surface area contributed by atoms with Crippen molar-refractivity contribution < 1.29 is 0 Å². The summed E-state index contributed by atoms with van der Waals surface area (Å²) in [6.07, 6.45) is 5.64. The van der Waals surface area contributed by atoms with Crippen LogP contribution in [0.3, 0.4) is 0 Å². The largest absolute Gasteiger partial charge is 0.317 e. The summed E-state index contributed by atoms with van der Waals surface area (Å²) in [5, 5.41) is 3.44. The number of piperidine rings is 1. The van der Waals surface area contributed by atoms with Crippen LogP contribution in [0.1, 0.15) is 39.5 Å². The van der Waals surface area contributed by atoms with E-state index in [1.807, 2.05) is 0 Å². The molecule has 0 aromatic heterocycles. The van der Waals surface area contributed by atoms with Gasteiger partial charge in [-0.2, -0.15) is 0 Å². The zero-order valence-electron chi connectivity index (χ0n) is 10.7. The van der Waals surface area contributed by atoms with Gasteiger partial charge in [-0.1, -0.05) is 6.92 Å². The third-order valence-corrected chi connectivity index (χ3v) is 4.55. The number of nitrogens with zero attached hydrogens (tertiary/aromatic N) is 1. The van der Waals surface area contributed by atoms with Gasteiger partial charge in [0.1, 0.15) is 0 Å². The van der Waals surface area contributed by atoms with E-state index in [1.165, 1.54) is 51.9 Å². The van der Waals surface area contributed by atoms with Crippen molar-refractivity contribution >= 4 is 12.4 Å². The molecule has 2 nitrogen and oxygen atoms in total. The van der Waals surface area contributed by atoms with Crippen molar-refractivity contribution in [1.82, 2.24) is 10.2 Å². The van der Waals surface area contributed by atoms with E-state index in [0.717, 1.165) is 17.9 Å². The van der Waals surface area contributed by atoms with E-state index >= 15 is 0 Å². The van der Waals surface area contributed by atoms with Crippen LogP contribution in [0.5, 0.6) is 0 Å². The van der Waals surface area contributed by atoms with Crippen LogP contribution in [0.2, 0.25) is 0 Å². The van der Waals surface area contributed by atoms with E-state index in [4.69, 9.17) is 0 Å². The molecule has 0 saturated carbocycles. The first-order chi connectivity index (χ1) is 7.27. The Balaban J connectivity index is 0.00000128. The van der Waals surface area contributed by atoms with Gasteiger partial charge in [0, 0.05) is 6.04 Å². The van der Waals surface area contributed by atoms with Gasteiger partial charge in [0.05, 0.1) is 0 Å². The van der Waals surface area contributed by atoms with Crippen LogP contribution >= 0.6 is 12.4 Å². The van der Waals surface area contributed by atoms with Crippen LogP contribution in [-0.2, 0) is 0 Å². The summed E-state index contributed by atoms with van der Waals surface area (Å²) in [6, 6.07) is 0.826. The predicted molar refractivity (Wildman–Crippen MR) is 72.3 cm³/mol. The average molecular weight is 247 g/mol. The molecule has 2 aliphatic rings. The van der Waals surface area contributed by atoms with E-state index in [2.05, 4.69) is 24.1 Å². The highest BCUT2D eigenvalue weighted by Gasteiger charge is 2.27. The van der Waals surface area contributed by atoms with Crippen LogP contribution in [0.25, 0.3) is 0 Å². The van der Waals surface area contributed by atoms with Crippen LogP contribution in [0.15, 0.2) is 0 Å². The van der Waals surface area contributed by atoms with Crippen LogP contribution in [0.4, 0.5) is 0 Å². The van der Waals surface area contributed by atoms with E-state index < -0.39 is 0 Å². The van der Waals surface area contributed by atoms with Crippen LogP contribution in [0, 0.1) is 11.8 Å². The molecule has 2 heterocycles. The molecular formula is C13H27ClN2. The maximum atomic E-state index is 3.44. The van der Waals surface area contributed by atoms with Crippen molar-refractivity contribution in [2.24, 2.45) is 11.8 Å². The molecular weight excluding hydrogens is 220 g/mol. The summed E-state index contributed by atoms with van der Waals surface area (Å²) in [5.74, 6) is 1.91. The van der Waals surface area contributed by atoms with Crippen molar-refractivity contribution in [2.75, 3.05) is 26.2 Å². The first-order valence-electron chi connectivity index (χ1n) is 6.72. The lowest BCUT2D eigenvalue weighted by Crippen LogP contribution is -2.33. The Morgan fingerprint density at radius 3 is 2.38 bits per heavy atom. The molecule has 96 valence electrons. The summed E-state index contributed by atoms with van der Waals surface area (Å²) in [7, 11) is 0. The monoisotopic (exact) mass is 246 g/mol. The topological polar surface area (TPSA) is 15.3 Å². The highest BCUT2D eigenvalue weighted by molar-refractivity contribution is 5.85. The molecule has 0 bridgehead atoms. The molecule has 2 fully saturated rings. The van der Waals surface area contributed by atoms with Crippen molar-refractivity contribution in [1.29, 1.82) is 0 Å². The lowest BCUT2D eigenvalue weighted by atomic mass is 9.94. The highest BCUT2D eigenvalue weighted by Crippen LogP contribution is 2.25. The van der Waals surface area contributed by atoms with Gasteiger partial charge < -0.3 is 10.2 Å². The Bertz CT molecular complexity index is 192. The number of hydrogen-bond donors (Lipinski definition) is 1. The summed E-state index contributed by atoms with van der Waals surface area (Å²) >= 11 is 0. The molecule has 3 heteroatoms. The fourth-order valence-corrected chi connectivity index (χ4v) is 3.01. The van der Waals surface area contributed by atoms with Gasteiger partial charge in [0.15, 0.2) is 0 Å². The second-order valence-electron chi connectivity index (χ2n) is 5.52. The lowest BCUT2D eigenvalue weighted by molar-refractivity contribution is 0.216. The lowest BCUT2D eigenvalue weighted by Gasteiger charge is -2.27. The van der Waals surface area contributed by atoms with Crippen LogP contribution in [-0.4, -0.2) is 37.1 Å². The van der Waals surface area contributed by atoms with Gasteiger partial charge in [-0.05, 0) is 70.6 Å². The van der Waals surface area contributed by atoms with Gasteiger partial charge in [-0.25, -0.2) is 0 Å². The van der Waals surface area contributed by atoms with Crippen LogP contribution < -0.4 is 5.32 Å². The normalized spacial score (nSPS) is 32.6. The van der Waals surface area contributed by atoms with Crippen molar-refractivity contribution in [3.8, 4) is 0 Å². The van der Waals surface area contributed by atoms with E-state index in [-0.39, 0.29) is 12.4 Å². The van der Waals surface area contributed by atoms with Crippen molar-refractivity contribution in [2.45, 2.75) is 45.6 Å². The SMILES string of the molecule is CC1CCN(CCC2CCNCC2)C1C.Cl. The molecule has 0 aromatic carbocycles. The number of rotatable bonds is 3. The second kappa shape index (κ2) is 6.83. The summed E-state index contributed by atoms with van der Waals surface area (Å²) in [6.45, 7) is 9.98. The zero-order chi connectivity index (χ0) is 10.7. The Morgan fingerprint density at radius 2 is 1.81 bits per heavy atom. The minimum atomic E-state index is 0. The minimum Gasteiger partial charge on any atom is -0.317 e. The molecule has 2 rings (SSSR count). The van der Waals surface area contributed by atoms with E-state index in [9.17, 15) is 0 Å². The average Bonchev–Trinajstić information content (AvgIpc) is 2.59. The van der Waals surface area contributed by atoms with Gasteiger partial charge >= 0.3 is 0 Å². The smallest absolute Gasteiger partial charge is 0.00930 e. The fraction of sp³-hybridized carbons (Fsp3) is 1.00.